The third-order valence-electron chi connectivity index (χ3n) is 3.26. The molecule has 0 bridgehead atoms. The molecule has 19 heavy (non-hydrogen) atoms. The first kappa shape index (κ1) is 13.9. The zero-order valence-electron chi connectivity index (χ0n) is 11.6. The number of nitrogens with two attached hydrogens (primary N) is 1. The van der Waals surface area contributed by atoms with Gasteiger partial charge in [-0.25, -0.2) is 0 Å². The van der Waals surface area contributed by atoms with E-state index in [0.29, 0.717) is 12.5 Å². The third-order valence-corrected chi connectivity index (χ3v) is 3.26. The molecule has 1 amide bonds. The molecule has 4 nitrogen and oxygen atoms in total. The molecule has 1 aromatic carbocycles. The Morgan fingerprint density at radius 3 is 2.89 bits per heavy atom. The van der Waals surface area contributed by atoms with Crippen LogP contribution in [0.3, 0.4) is 0 Å². The van der Waals surface area contributed by atoms with Crippen LogP contribution in [-0.2, 0) is 11.3 Å². The highest BCUT2D eigenvalue weighted by atomic mass is 16.5. The largest absolute Gasteiger partial charge is 0.493 e. The predicted octanol–water partition coefficient (Wildman–Crippen LogP) is 1.75. The molecular weight excluding hydrogens is 240 g/mol. The summed E-state index contributed by atoms with van der Waals surface area (Å²) in [7, 11) is 0. The highest BCUT2D eigenvalue weighted by Gasteiger charge is 2.22. The van der Waals surface area contributed by atoms with Crippen LogP contribution in [0, 0.1) is 12.8 Å². The van der Waals surface area contributed by atoms with Crippen LogP contribution in [0.4, 0.5) is 0 Å². The minimum atomic E-state index is -0.485. The van der Waals surface area contributed by atoms with Gasteiger partial charge in [-0.05, 0) is 44.2 Å². The maximum Gasteiger partial charge on any atom is 0.236 e. The SMILES string of the molecule is Cc1ccc(CNC(=O)[C@H](C)N)c(OCC2CC2)c1. The molecule has 4 heteroatoms. The van der Waals surface area contributed by atoms with Gasteiger partial charge in [0.25, 0.3) is 0 Å². The van der Waals surface area contributed by atoms with Crippen molar-refractivity contribution in [3.8, 4) is 5.75 Å². The Balaban J connectivity index is 1.98. The van der Waals surface area contributed by atoms with Crippen LogP contribution in [0.5, 0.6) is 5.75 Å². The Labute approximate surface area is 114 Å². The molecule has 104 valence electrons. The van der Waals surface area contributed by atoms with E-state index in [1.54, 1.807) is 6.92 Å². The number of rotatable bonds is 6. The van der Waals surface area contributed by atoms with Crippen LogP contribution in [0.2, 0.25) is 0 Å². The van der Waals surface area contributed by atoms with Crippen LogP contribution in [0.15, 0.2) is 18.2 Å². The lowest BCUT2D eigenvalue weighted by atomic mass is 10.1. The lowest BCUT2D eigenvalue weighted by molar-refractivity contribution is -0.122. The summed E-state index contributed by atoms with van der Waals surface area (Å²) >= 11 is 0. The molecule has 1 aliphatic carbocycles. The molecule has 0 saturated heterocycles. The van der Waals surface area contributed by atoms with E-state index in [2.05, 4.69) is 5.32 Å². The van der Waals surface area contributed by atoms with E-state index in [-0.39, 0.29) is 5.91 Å². The fourth-order valence-corrected chi connectivity index (χ4v) is 1.78. The number of benzene rings is 1. The number of hydrogen-bond acceptors (Lipinski definition) is 3. The number of ether oxygens (including phenoxy) is 1. The monoisotopic (exact) mass is 262 g/mol. The molecule has 0 aliphatic heterocycles. The minimum Gasteiger partial charge on any atom is -0.493 e. The van der Waals surface area contributed by atoms with Crippen molar-refractivity contribution in [3.63, 3.8) is 0 Å². The van der Waals surface area contributed by atoms with E-state index < -0.39 is 6.04 Å². The normalized spacial score (nSPS) is 15.9. The standard InChI is InChI=1S/C15H22N2O2/c1-10-3-6-13(8-17-15(18)11(2)16)14(7-10)19-9-12-4-5-12/h3,6-7,11-12H,4-5,8-9,16H2,1-2H3,(H,17,18)/t11-/m0/s1. The number of carbonyl (C=O) groups excluding carboxylic acids is 1. The summed E-state index contributed by atoms with van der Waals surface area (Å²) in [5.74, 6) is 1.44. The topological polar surface area (TPSA) is 64.4 Å². The molecule has 2 rings (SSSR count). The van der Waals surface area contributed by atoms with Crippen molar-refractivity contribution >= 4 is 5.91 Å². The van der Waals surface area contributed by atoms with Crippen LogP contribution in [0.1, 0.15) is 30.9 Å². The summed E-state index contributed by atoms with van der Waals surface area (Å²) in [6, 6.07) is 5.56. The van der Waals surface area contributed by atoms with Crippen molar-refractivity contribution in [2.45, 2.75) is 39.3 Å². The highest BCUT2D eigenvalue weighted by Crippen LogP contribution is 2.30. The number of aryl methyl sites for hydroxylation is 1. The van der Waals surface area contributed by atoms with Crippen molar-refractivity contribution in [1.29, 1.82) is 0 Å². The van der Waals surface area contributed by atoms with Gasteiger partial charge in [-0.1, -0.05) is 12.1 Å². The lowest BCUT2D eigenvalue weighted by Gasteiger charge is -2.14. The first-order valence-corrected chi connectivity index (χ1v) is 6.82. The second-order valence-electron chi connectivity index (χ2n) is 5.37. The van der Waals surface area contributed by atoms with Gasteiger partial charge in [-0.2, -0.15) is 0 Å². The summed E-state index contributed by atoms with van der Waals surface area (Å²) in [5.41, 5.74) is 7.69. The van der Waals surface area contributed by atoms with Gasteiger partial charge in [0.05, 0.1) is 12.6 Å². The van der Waals surface area contributed by atoms with E-state index in [9.17, 15) is 4.79 Å². The van der Waals surface area contributed by atoms with Crippen molar-refractivity contribution in [2.75, 3.05) is 6.61 Å². The fraction of sp³-hybridized carbons (Fsp3) is 0.533. The average molecular weight is 262 g/mol. The summed E-state index contributed by atoms with van der Waals surface area (Å²) < 4.78 is 5.85. The molecule has 0 aromatic heterocycles. The van der Waals surface area contributed by atoms with Gasteiger partial charge < -0.3 is 15.8 Å². The van der Waals surface area contributed by atoms with Gasteiger partial charge in [0.2, 0.25) is 5.91 Å². The average Bonchev–Trinajstić information content (AvgIpc) is 3.18. The summed E-state index contributed by atoms with van der Waals surface area (Å²) in [5, 5.41) is 2.82. The van der Waals surface area contributed by atoms with Gasteiger partial charge in [-0.15, -0.1) is 0 Å². The maximum absolute atomic E-state index is 11.5. The minimum absolute atomic E-state index is 0.145. The Hall–Kier alpha value is -1.55. The van der Waals surface area contributed by atoms with Crippen molar-refractivity contribution < 1.29 is 9.53 Å². The first-order chi connectivity index (χ1) is 9.06. The van der Waals surface area contributed by atoms with E-state index in [1.807, 2.05) is 25.1 Å². The number of amides is 1. The molecule has 0 heterocycles. The number of carbonyl (C=O) groups is 1. The number of nitrogens with one attached hydrogen (secondary N) is 1. The molecular formula is C15H22N2O2. The number of hydrogen-bond donors (Lipinski definition) is 2. The van der Waals surface area contributed by atoms with Gasteiger partial charge in [-0.3, -0.25) is 4.79 Å². The fourth-order valence-electron chi connectivity index (χ4n) is 1.78. The molecule has 1 fully saturated rings. The van der Waals surface area contributed by atoms with Crippen LogP contribution in [-0.4, -0.2) is 18.6 Å². The quantitative estimate of drug-likeness (QED) is 0.821. The Morgan fingerprint density at radius 1 is 1.53 bits per heavy atom. The predicted molar refractivity (Wildman–Crippen MR) is 74.9 cm³/mol. The Bertz CT molecular complexity index is 453. The molecule has 3 N–H and O–H groups in total. The molecule has 1 aromatic rings. The van der Waals surface area contributed by atoms with Crippen LogP contribution < -0.4 is 15.8 Å². The van der Waals surface area contributed by atoms with Crippen molar-refractivity contribution in [1.82, 2.24) is 5.32 Å². The lowest BCUT2D eigenvalue weighted by Crippen LogP contribution is -2.37. The second-order valence-corrected chi connectivity index (χ2v) is 5.37. The van der Waals surface area contributed by atoms with Crippen LogP contribution >= 0.6 is 0 Å². The first-order valence-electron chi connectivity index (χ1n) is 6.82. The van der Waals surface area contributed by atoms with E-state index in [0.717, 1.165) is 23.5 Å². The Morgan fingerprint density at radius 2 is 2.26 bits per heavy atom. The van der Waals surface area contributed by atoms with E-state index in [4.69, 9.17) is 10.5 Å². The molecule has 1 saturated carbocycles. The highest BCUT2D eigenvalue weighted by molar-refractivity contribution is 5.80. The molecule has 1 aliphatic rings. The maximum atomic E-state index is 11.5. The molecule has 0 spiro atoms. The second kappa shape index (κ2) is 6.06. The molecule has 0 radical (unpaired) electrons. The zero-order valence-corrected chi connectivity index (χ0v) is 11.6. The van der Waals surface area contributed by atoms with Gasteiger partial charge >= 0.3 is 0 Å². The third kappa shape index (κ3) is 4.24. The van der Waals surface area contributed by atoms with Crippen LogP contribution in [0.25, 0.3) is 0 Å². The van der Waals surface area contributed by atoms with Gasteiger partial charge in [0.1, 0.15) is 5.75 Å². The molecule has 1 atom stereocenters. The van der Waals surface area contributed by atoms with Gasteiger partial charge in [0.15, 0.2) is 0 Å². The smallest absolute Gasteiger partial charge is 0.236 e. The molecule has 0 unspecified atom stereocenters. The van der Waals surface area contributed by atoms with Crippen molar-refractivity contribution in [3.05, 3.63) is 29.3 Å². The Kier molecular flexibility index (Phi) is 4.43. The summed E-state index contributed by atoms with van der Waals surface area (Å²) in [6.45, 7) is 4.95. The van der Waals surface area contributed by atoms with Crippen molar-refractivity contribution in [2.24, 2.45) is 11.7 Å². The summed E-state index contributed by atoms with van der Waals surface area (Å²) in [4.78, 5) is 11.5. The zero-order chi connectivity index (χ0) is 13.8. The van der Waals surface area contributed by atoms with Gasteiger partial charge in [0, 0.05) is 12.1 Å². The summed E-state index contributed by atoms with van der Waals surface area (Å²) in [6.07, 6.45) is 2.53. The van der Waals surface area contributed by atoms with E-state index >= 15 is 0 Å². The van der Waals surface area contributed by atoms with E-state index in [1.165, 1.54) is 12.8 Å².